The molecule has 1 spiro atoms. The summed E-state index contributed by atoms with van der Waals surface area (Å²) in [5.41, 5.74) is 5.32. The number of rotatable bonds is 7. The molecule has 1 aromatic heterocycles. The van der Waals surface area contributed by atoms with E-state index in [4.69, 9.17) is 10.8 Å². The van der Waals surface area contributed by atoms with Gasteiger partial charge in [0.05, 0.1) is 23.3 Å². The lowest BCUT2D eigenvalue weighted by molar-refractivity contribution is 0.00637. The van der Waals surface area contributed by atoms with Crippen molar-refractivity contribution in [1.82, 2.24) is 15.1 Å². The minimum Gasteiger partial charge on any atom is -0.370 e. The maximum atomic E-state index is 8.51. The number of likely N-dealkylation sites (tertiary alicyclic amines) is 1. The molecule has 1 aliphatic carbocycles. The Kier molecular flexibility index (Phi) is 5.57. The van der Waals surface area contributed by atoms with Crippen LogP contribution in [0.15, 0.2) is 71.8 Å². The van der Waals surface area contributed by atoms with Crippen molar-refractivity contribution in [3.05, 3.63) is 71.8 Å². The minimum absolute atomic E-state index is 0.371. The molecule has 3 heterocycles. The highest BCUT2D eigenvalue weighted by molar-refractivity contribution is 6.17. The van der Waals surface area contributed by atoms with Crippen molar-refractivity contribution in [2.75, 3.05) is 31.1 Å². The standard InChI is InChI=1S/C24H30N6/c1-3-5-7-18(6-4-2)23(26)11-19-10-20(8-9-22(19)25)29-14-24(15-29)16-30(17-24)21-12-27-28-13-21/h5-13,25-26H,3-4,14-17H2,1-2H3,(H,27,28)/b7-5-,18-6+,19-11-,25-22?,26-23?. The fourth-order valence-corrected chi connectivity index (χ4v) is 4.35. The fourth-order valence-electron chi connectivity index (χ4n) is 4.35. The number of H-pyrrole nitrogens is 1. The Labute approximate surface area is 178 Å². The first-order chi connectivity index (χ1) is 14.5. The molecule has 0 unspecified atom stereocenters. The molecule has 0 amide bonds. The molecule has 6 nitrogen and oxygen atoms in total. The molecule has 4 rings (SSSR count). The molecule has 2 saturated heterocycles. The Bertz CT molecular complexity index is 959. The fraction of sp³-hybridized carbons (Fsp3) is 0.375. The maximum absolute atomic E-state index is 8.51. The highest BCUT2D eigenvalue weighted by Gasteiger charge is 2.52. The second kappa shape index (κ2) is 8.30. The van der Waals surface area contributed by atoms with Crippen LogP contribution in [0, 0.1) is 16.2 Å². The molecule has 0 radical (unpaired) electrons. The molecule has 0 aromatic carbocycles. The Balaban J connectivity index is 1.41. The molecule has 1 aromatic rings. The van der Waals surface area contributed by atoms with Crippen molar-refractivity contribution in [3.8, 4) is 0 Å². The van der Waals surface area contributed by atoms with Crippen molar-refractivity contribution >= 4 is 17.1 Å². The number of hydrogen-bond acceptors (Lipinski definition) is 5. The zero-order valence-corrected chi connectivity index (χ0v) is 17.8. The first-order valence-electron chi connectivity index (χ1n) is 10.7. The van der Waals surface area contributed by atoms with Crippen LogP contribution in [0.5, 0.6) is 0 Å². The predicted octanol–water partition coefficient (Wildman–Crippen LogP) is 4.25. The summed E-state index contributed by atoms with van der Waals surface area (Å²) in [6.45, 7) is 8.38. The summed E-state index contributed by atoms with van der Waals surface area (Å²) >= 11 is 0. The summed E-state index contributed by atoms with van der Waals surface area (Å²) in [4.78, 5) is 4.74. The van der Waals surface area contributed by atoms with Gasteiger partial charge in [0.25, 0.3) is 0 Å². The lowest BCUT2D eigenvalue weighted by Gasteiger charge is -2.61. The van der Waals surface area contributed by atoms with Crippen LogP contribution < -0.4 is 4.90 Å². The molecule has 3 aliphatic rings. The molecule has 30 heavy (non-hydrogen) atoms. The van der Waals surface area contributed by atoms with E-state index in [1.807, 2.05) is 36.7 Å². The average Bonchev–Trinajstić information content (AvgIpc) is 3.19. The summed E-state index contributed by atoms with van der Waals surface area (Å²) in [6, 6.07) is 0. The SMILES string of the molecule is CC/C=C\C(=C/CC)C(=N)/C=C1/C=C(N2CC3(C2)CN(c2cn[nH]c2)C3)C=CC1=N. The summed E-state index contributed by atoms with van der Waals surface area (Å²) in [6.07, 6.45) is 19.6. The van der Waals surface area contributed by atoms with E-state index in [1.54, 1.807) is 0 Å². The molecule has 3 N–H and O–H groups in total. The smallest absolute Gasteiger partial charge is 0.0750 e. The first kappa shape index (κ1) is 20.1. The van der Waals surface area contributed by atoms with E-state index in [0.717, 1.165) is 55.9 Å². The number of aromatic amines is 1. The lowest BCUT2D eigenvalue weighted by atomic mass is 9.72. The minimum atomic E-state index is 0.371. The summed E-state index contributed by atoms with van der Waals surface area (Å²) in [7, 11) is 0. The van der Waals surface area contributed by atoms with Gasteiger partial charge in [-0.05, 0) is 42.7 Å². The zero-order chi connectivity index (χ0) is 21.1. The van der Waals surface area contributed by atoms with Gasteiger partial charge in [-0.3, -0.25) is 5.10 Å². The van der Waals surface area contributed by atoms with E-state index >= 15 is 0 Å². The Hall–Kier alpha value is -3.15. The van der Waals surface area contributed by atoms with E-state index in [0.29, 0.717) is 16.8 Å². The summed E-state index contributed by atoms with van der Waals surface area (Å²) < 4.78 is 0. The number of aromatic nitrogens is 2. The molecule has 0 atom stereocenters. The Morgan fingerprint density at radius 2 is 1.93 bits per heavy atom. The number of allylic oxidation sites excluding steroid dienone is 9. The van der Waals surface area contributed by atoms with Gasteiger partial charge in [-0.1, -0.05) is 32.1 Å². The van der Waals surface area contributed by atoms with Crippen molar-refractivity contribution < 1.29 is 0 Å². The quantitative estimate of drug-likeness (QED) is 0.471. The number of anilines is 1. The van der Waals surface area contributed by atoms with Crippen LogP contribution in [0.25, 0.3) is 0 Å². The summed E-state index contributed by atoms with van der Waals surface area (Å²) in [5.74, 6) is 0. The number of hydrogen-bond donors (Lipinski definition) is 3. The third-order valence-corrected chi connectivity index (χ3v) is 5.92. The van der Waals surface area contributed by atoms with Crippen LogP contribution in [-0.4, -0.2) is 52.7 Å². The average molecular weight is 403 g/mol. The molecule has 2 aliphatic heterocycles. The van der Waals surface area contributed by atoms with Gasteiger partial charge in [-0.25, -0.2) is 0 Å². The number of nitrogens with zero attached hydrogens (tertiary/aromatic N) is 3. The molecule has 0 bridgehead atoms. The van der Waals surface area contributed by atoms with Crippen LogP contribution in [-0.2, 0) is 0 Å². The molecular formula is C24H30N6. The maximum Gasteiger partial charge on any atom is 0.0750 e. The zero-order valence-electron chi connectivity index (χ0n) is 17.8. The first-order valence-corrected chi connectivity index (χ1v) is 10.7. The van der Waals surface area contributed by atoms with Gasteiger partial charge in [0, 0.05) is 49.1 Å². The second-order valence-electron chi connectivity index (χ2n) is 8.38. The normalized spacial score (nSPS) is 21.9. The topological polar surface area (TPSA) is 82.9 Å². The number of nitrogens with one attached hydrogen (secondary N) is 3. The molecular weight excluding hydrogens is 372 g/mol. The predicted molar refractivity (Wildman–Crippen MR) is 123 cm³/mol. The van der Waals surface area contributed by atoms with Gasteiger partial charge in [0.1, 0.15) is 0 Å². The molecule has 2 fully saturated rings. The van der Waals surface area contributed by atoms with Crippen molar-refractivity contribution in [2.45, 2.75) is 26.7 Å². The van der Waals surface area contributed by atoms with Gasteiger partial charge in [-0.2, -0.15) is 5.10 Å². The van der Waals surface area contributed by atoms with Crippen LogP contribution in [0.1, 0.15) is 26.7 Å². The van der Waals surface area contributed by atoms with Crippen molar-refractivity contribution in [1.29, 1.82) is 10.8 Å². The van der Waals surface area contributed by atoms with Crippen molar-refractivity contribution in [2.24, 2.45) is 5.41 Å². The lowest BCUT2D eigenvalue weighted by Crippen LogP contribution is -2.71. The molecule has 6 heteroatoms. The largest absolute Gasteiger partial charge is 0.370 e. The van der Waals surface area contributed by atoms with Gasteiger partial charge in [0.15, 0.2) is 0 Å². The van der Waals surface area contributed by atoms with E-state index < -0.39 is 0 Å². The highest BCUT2D eigenvalue weighted by Crippen LogP contribution is 2.43. The third-order valence-electron chi connectivity index (χ3n) is 5.92. The molecule has 156 valence electrons. The van der Waals surface area contributed by atoms with E-state index in [-0.39, 0.29) is 0 Å². The monoisotopic (exact) mass is 402 g/mol. The van der Waals surface area contributed by atoms with Crippen LogP contribution in [0.3, 0.4) is 0 Å². The molecule has 0 saturated carbocycles. The van der Waals surface area contributed by atoms with Gasteiger partial charge >= 0.3 is 0 Å². The van der Waals surface area contributed by atoms with Crippen molar-refractivity contribution in [3.63, 3.8) is 0 Å². The van der Waals surface area contributed by atoms with Crippen LogP contribution in [0.4, 0.5) is 5.69 Å². The van der Waals surface area contributed by atoms with E-state index in [9.17, 15) is 0 Å². The Morgan fingerprint density at radius 1 is 1.17 bits per heavy atom. The summed E-state index contributed by atoms with van der Waals surface area (Å²) in [5, 5.41) is 23.7. The second-order valence-corrected chi connectivity index (χ2v) is 8.38. The van der Waals surface area contributed by atoms with E-state index in [2.05, 4.69) is 52.1 Å². The van der Waals surface area contributed by atoms with Gasteiger partial charge in [-0.15, -0.1) is 0 Å². The van der Waals surface area contributed by atoms with Gasteiger partial charge in [0.2, 0.25) is 0 Å². The third kappa shape index (κ3) is 3.95. The highest BCUT2D eigenvalue weighted by atomic mass is 15.3. The van der Waals surface area contributed by atoms with E-state index in [1.165, 1.54) is 5.69 Å². The van der Waals surface area contributed by atoms with Crippen LogP contribution in [0.2, 0.25) is 0 Å². The Morgan fingerprint density at radius 3 is 2.60 bits per heavy atom. The van der Waals surface area contributed by atoms with Gasteiger partial charge < -0.3 is 20.6 Å². The van der Waals surface area contributed by atoms with Crippen LogP contribution >= 0.6 is 0 Å².